The van der Waals surface area contributed by atoms with Gasteiger partial charge in [-0.05, 0) is 24.5 Å². The largest absolute Gasteiger partial charge is 0.350 e. The Morgan fingerprint density at radius 1 is 1.40 bits per heavy atom. The van der Waals surface area contributed by atoms with Crippen LogP contribution in [-0.2, 0) is 9.84 Å². The molecule has 0 spiro atoms. The molecule has 1 aliphatic heterocycles. The molecule has 0 radical (unpaired) electrons. The lowest BCUT2D eigenvalue weighted by Gasteiger charge is -2.07. The minimum Gasteiger partial charge on any atom is -0.350 e. The number of rotatable bonds is 3. The third kappa shape index (κ3) is 2.83. The molecule has 1 aromatic heterocycles. The maximum absolute atomic E-state index is 12.0. The molecule has 2 heterocycles. The number of thiazole rings is 1. The van der Waals surface area contributed by atoms with Gasteiger partial charge in [-0.15, -0.1) is 11.3 Å². The van der Waals surface area contributed by atoms with E-state index >= 15 is 0 Å². The van der Waals surface area contributed by atoms with Crippen molar-refractivity contribution in [3.63, 3.8) is 0 Å². The van der Waals surface area contributed by atoms with Gasteiger partial charge >= 0.3 is 0 Å². The third-order valence-corrected chi connectivity index (χ3v) is 6.24. The van der Waals surface area contributed by atoms with E-state index in [1.807, 2.05) is 24.3 Å². The van der Waals surface area contributed by atoms with Crippen molar-refractivity contribution < 1.29 is 13.2 Å². The van der Waals surface area contributed by atoms with Crippen molar-refractivity contribution in [2.75, 3.05) is 18.1 Å². The Bertz CT molecular complexity index is 719. The molecule has 106 valence electrons. The van der Waals surface area contributed by atoms with Gasteiger partial charge in [0, 0.05) is 6.54 Å². The highest BCUT2D eigenvalue weighted by Gasteiger charge is 2.28. The van der Waals surface area contributed by atoms with Gasteiger partial charge in [-0.3, -0.25) is 4.79 Å². The number of hydrogen-bond donors (Lipinski definition) is 1. The smallest absolute Gasteiger partial charge is 0.280 e. The lowest BCUT2D eigenvalue weighted by atomic mass is 10.1. The van der Waals surface area contributed by atoms with Gasteiger partial charge in [0.2, 0.25) is 0 Å². The van der Waals surface area contributed by atoms with E-state index in [-0.39, 0.29) is 23.3 Å². The van der Waals surface area contributed by atoms with Crippen LogP contribution in [0.3, 0.4) is 0 Å². The van der Waals surface area contributed by atoms with Crippen LogP contribution >= 0.6 is 11.3 Å². The first kappa shape index (κ1) is 13.5. The van der Waals surface area contributed by atoms with E-state index in [0.717, 1.165) is 10.2 Å². The van der Waals surface area contributed by atoms with Crippen molar-refractivity contribution in [1.82, 2.24) is 10.3 Å². The Morgan fingerprint density at radius 2 is 2.20 bits per heavy atom. The number of nitrogens with zero attached hydrogens (tertiary/aromatic N) is 1. The van der Waals surface area contributed by atoms with Gasteiger partial charge in [0.05, 0.1) is 21.7 Å². The Hall–Kier alpha value is -1.47. The van der Waals surface area contributed by atoms with Crippen LogP contribution in [0, 0.1) is 5.92 Å². The van der Waals surface area contributed by atoms with E-state index in [1.54, 1.807) is 0 Å². The number of sulfone groups is 1. The number of para-hydroxylation sites is 1. The maximum Gasteiger partial charge on any atom is 0.280 e. The van der Waals surface area contributed by atoms with Crippen LogP contribution in [0.1, 0.15) is 16.2 Å². The highest BCUT2D eigenvalue weighted by atomic mass is 32.2. The fourth-order valence-corrected chi connectivity index (χ4v) is 5.06. The van der Waals surface area contributed by atoms with Crippen LogP contribution < -0.4 is 5.32 Å². The molecule has 0 bridgehead atoms. The Kier molecular flexibility index (Phi) is 3.47. The number of benzene rings is 1. The summed E-state index contributed by atoms with van der Waals surface area (Å²) in [6.07, 6.45) is 0.627. The molecule has 1 saturated heterocycles. The van der Waals surface area contributed by atoms with Crippen LogP contribution in [0.4, 0.5) is 0 Å². The molecular weight excluding hydrogens is 296 g/mol. The highest BCUT2D eigenvalue weighted by molar-refractivity contribution is 7.91. The van der Waals surface area contributed by atoms with E-state index in [9.17, 15) is 13.2 Å². The van der Waals surface area contributed by atoms with Gasteiger partial charge in [0.25, 0.3) is 5.91 Å². The summed E-state index contributed by atoms with van der Waals surface area (Å²) in [5.41, 5.74) is 0.811. The quantitative estimate of drug-likeness (QED) is 0.931. The number of hydrogen-bond acceptors (Lipinski definition) is 5. The third-order valence-electron chi connectivity index (χ3n) is 3.37. The van der Waals surface area contributed by atoms with Gasteiger partial charge in [-0.1, -0.05) is 12.1 Å². The number of carbonyl (C=O) groups is 1. The number of fused-ring (bicyclic) bond motifs is 1. The SMILES string of the molecule is O=C(NCC1CCS(=O)(=O)C1)c1nc2ccccc2s1. The van der Waals surface area contributed by atoms with Crippen molar-refractivity contribution in [3.8, 4) is 0 Å². The van der Waals surface area contributed by atoms with Crippen molar-refractivity contribution in [2.45, 2.75) is 6.42 Å². The lowest BCUT2D eigenvalue weighted by molar-refractivity contribution is 0.0948. The molecule has 1 unspecified atom stereocenters. The highest BCUT2D eigenvalue weighted by Crippen LogP contribution is 2.22. The summed E-state index contributed by atoms with van der Waals surface area (Å²) < 4.78 is 23.7. The summed E-state index contributed by atoms with van der Waals surface area (Å²) in [5, 5.41) is 3.21. The summed E-state index contributed by atoms with van der Waals surface area (Å²) in [7, 11) is -2.89. The minimum atomic E-state index is -2.89. The van der Waals surface area contributed by atoms with Crippen LogP contribution in [0.5, 0.6) is 0 Å². The summed E-state index contributed by atoms with van der Waals surface area (Å²) in [6.45, 7) is 0.397. The van der Waals surface area contributed by atoms with E-state index in [1.165, 1.54) is 11.3 Å². The fraction of sp³-hybridized carbons (Fsp3) is 0.385. The van der Waals surface area contributed by atoms with E-state index < -0.39 is 9.84 Å². The van der Waals surface area contributed by atoms with E-state index in [2.05, 4.69) is 10.3 Å². The van der Waals surface area contributed by atoms with Crippen molar-refractivity contribution in [1.29, 1.82) is 0 Å². The van der Waals surface area contributed by atoms with Gasteiger partial charge in [0.1, 0.15) is 0 Å². The monoisotopic (exact) mass is 310 g/mol. The zero-order chi connectivity index (χ0) is 14.2. The van der Waals surface area contributed by atoms with Crippen molar-refractivity contribution >= 4 is 37.3 Å². The first-order chi connectivity index (χ1) is 9.53. The summed E-state index contributed by atoms with van der Waals surface area (Å²) in [5.74, 6) is 0.204. The summed E-state index contributed by atoms with van der Waals surface area (Å²) in [4.78, 5) is 16.3. The topological polar surface area (TPSA) is 76.1 Å². The summed E-state index contributed by atoms with van der Waals surface area (Å²) in [6, 6.07) is 7.58. The Morgan fingerprint density at radius 3 is 2.90 bits per heavy atom. The number of aromatic nitrogens is 1. The zero-order valence-corrected chi connectivity index (χ0v) is 12.3. The Balaban J connectivity index is 1.65. The van der Waals surface area contributed by atoms with Crippen molar-refractivity contribution in [3.05, 3.63) is 29.3 Å². The lowest BCUT2D eigenvalue weighted by Crippen LogP contribution is -2.29. The van der Waals surface area contributed by atoms with Crippen LogP contribution in [-0.4, -0.2) is 37.4 Å². The molecule has 1 aromatic carbocycles. The average molecular weight is 310 g/mol. The second-order valence-corrected chi connectivity index (χ2v) is 8.23. The number of nitrogens with one attached hydrogen (secondary N) is 1. The summed E-state index contributed by atoms with van der Waals surface area (Å²) >= 11 is 1.35. The van der Waals surface area contributed by atoms with Crippen LogP contribution in [0.2, 0.25) is 0 Å². The number of amides is 1. The molecule has 0 saturated carbocycles. The standard InChI is InChI=1S/C13H14N2O3S2/c16-12(14-7-9-5-6-20(17,18)8-9)13-15-10-3-1-2-4-11(10)19-13/h1-4,9H,5-8H2,(H,14,16). The molecule has 7 heteroatoms. The molecule has 1 N–H and O–H groups in total. The van der Waals surface area contributed by atoms with E-state index in [4.69, 9.17) is 0 Å². The fourth-order valence-electron chi connectivity index (χ4n) is 2.31. The van der Waals surface area contributed by atoms with Gasteiger partial charge in [-0.25, -0.2) is 13.4 Å². The van der Waals surface area contributed by atoms with E-state index in [0.29, 0.717) is 18.0 Å². The molecule has 3 rings (SSSR count). The van der Waals surface area contributed by atoms with Gasteiger partial charge in [0.15, 0.2) is 14.8 Å². The maximum atomic E-state index is 12.0. The average Bonchev–Trinajstić information content (AvgIpc) is 2.99. The first-order valence-corrected chi connectivity index (χ1v) is 9.01. The van der Waals surface area contributed by atoms with Crippen LogP contribution in [0.15, 0.2) is 24.3 Å². The normalized spacial score (nSPS) is 21.1. The van der Waals surface area contributed by atoms with Gasteiger partial charge in [-0.2, -0.15) is 0 Å². The van der Waals surface area contributed by atoms with Crippen molar-refractivity contribution in [2.24, 2.45) is 5.92 Å². The zero-order valence-electron chi connectivity index (χ0n) is 10.7. The number of carbonyl (C=O) groups excluding carboxylic acids is 1. The molecule has 2 aromatic rings. The van der Waals surface area contributed by atoms with Gasteiger partial charge < -0.3 is 5.32 Å². The Labute approximate surface area is 120 Å². The molecule has 1 atom stereocenters. The minimum absolute atomic E-state index is 0.0262. The molecule has 20 heavy (non-hydrogen) atoms. The van der Waals surface area contributed by atoms with Crippen LogP contribution in [0.25, 0.3) is 10.2 Å². The molecule has 1 amide bonds. The molecular formula is C13H14N2O3S2. The molecule has 5 nitrogen and oxygen atoms in total. The molecule has 1 fully saturated rings. The predicted octanol–water partition coefficient (Wildman–Crippen LogP) is 1.46. The second-order valence-electron chi connectivity index (χ2n) is 4.97. The molecule has 0 aliphatic carbocycles. The first-order valence-electron chi connectivity index (χ1n) is 6.38. The second kappa shape index (κ2) is 5.14. The predicted molar refractivity (Wildman–Crippen MR) is 78.7 cm³/mol. The molecule has 1 aliphatic rings.